The Morgan fingerprint density at radius 2 is 2.25 bits per heavy atom. The molecule has 12 heavy (non-hydrogen) atoms. The summed E-state index contributed by atoms with van der Waals surface area (Å²) in [5.41, 5.74) is 16.3. The average molecular weight is 167 g/mol. The molecule has 0 aliphatic carbocycles. The van der Waals surface area contributed by atoms with E-state index in [0.717, 1.165) is 19.4 Å². The molecule has 1 aliphatic heterocycles. The van der Waals surface area contributed by atoms with Crippen LogP contribution in [-0.2, 0) is 0 Å². The zero-order chi connectivity index (χ0) is 8.81. The molecule has 0 spiro atoms. The van der Waals surface area contributed by atoms with Gasteiger partial charge in [0.1, 0.15) is 6.04 Å². The third-order valence-corrected chi connectivity index (χ3v) is 1.86. The van der Waals surface area contributed by atoms with Gasteiger partial charge < -0.3 is 0 Å². The summed E-state index contributed by atoms with van der Waals surface area (Å²) >= 11 is 0. The minimum absolute atomic E-state index is 0.0943. The maximum absolute atomic E-state index is 8.18. The molecule has 0 aromatic heterocycles. The van der Waals surface area contributed by atoms with E-state index in [4.69, 9.17) is 11.1 Å². The van der Waals surface area contributed by atoms with Crippen LogP contribution < -0.4 is 0 Å². The van der Waals surface area contributed by atoms with Crippen molar-refractivity contribution in [1.29, 1.82) is 0 Å². The molecule has 0 amide bonds. The van der Waals surface area contributed by atoms with E-state index in [9.17, 15) is 0 Å². The van der Waals surface area contributed by atoms with Crippen LogP contribution in [0.3, 0.4) is 0 Å². The van der Waals surface area contributed by atoms with Gasteiger partial charge in [-0.15, -0.1) is 5.53 Å². The van der Waals surface area contributed by atoms with E-state index in [1.165, 1.54) is 0 Å². The van der Waals surface area contributed by atoms with Crippen LogP contribution in [0.4, 0.5) is 0 Å². The van der Waals surface area contributed by atoms with Crippen molar-refractivity contribution in [3.05, 3.63) is 20.9 Å². The molecule has 1 fully saturated rings. The third kappa shape index (κ3) is 1.95. The second-order valence-electron chi connectivity index (χ2n) is 2.55. The minimum atomic E-state index is 0.0943. The summed E-state index contributed by atoms with van der Waals surface area (Å²) in [5.74, 6) is 0. The lowest BCUT2D eigenvalue weighted by atomic mass is 10.2. The predicted octanol–water partition coefficient (Wildman–Crippen LogP) is 1.99. The van der Waals surface area contributed by atoms with Crippen LogP contribution in [0.1, 0.15) is 12.8 Å². The van der Waals surface area contributed by atoms with Gasteiger partial charge in [-0.25, -0.2) is 5.01 Å². The number of nitrogens with zero attached hydrogens (tertiary/aromatic N) is 7. The first-order chi connectivity index (χ1) is 5.88. The SMILES string of the molecule is [N-]=[N+]=NCC1CCCN1N=[N+]=[N-]. The zero-order valence-corrected chi connectivity index (χ0v) is 6.54. The summed E-state index contributed by atoms with van der Waals surface area (Å²) in [6, 6.07) is 0.0943. The molecule has 0 radical (unpaired) electrons. The van der Waals surface area contributed by atoms with Gasteiger partial charge in [0.25, 0.3) is 0 Å². The van der Waals surface area contributed by atoms with E-state index in [2.05, 4.69) is 20.2 Å². The topological polar surface area (TPSA) is 101 Å². The number of rotatable bonds is 3. The van der Waals surface area contributed by atoms with Crippen molar-refractivity contribution in [3.8, 4) is 0 Å². The molecule has 0 saturated carbocycles. The molecule has 64 valence electrons. The van der Waals surface area contributed by atoms with E-state index >= 15 is 0 Å². The first-order valence-electron chi connectivity index (χ1n) is 3.71. The summed E-state index contributed by atoms with van der Waals surface area (Å²) in [6.07, 6.45) is 1.92. The molecule has 0 aromatic rings. The normalized spacial score (nSPS) is 21.3. The second-order valence-corrected chi connectivity index (χ2v) is 2.55. The maximum atomic E-state index is 8.18. The lowest BCUT2D eigenvalue weighted by Crippen LogP contribution is -2.25. The van der Waals surface area contributed by atoms with E-state index in [-0.39, 0.29) is 6.04 Å². The summed E-state index contributed by atoms with van der Waals surface area (Å²) < 4.78 is 0. The fourth-order valence-corrected chi connectivity index (χ4v) is 1.31. The Balaban J connectivity index is 2.50. The summed E-state index contributed by atoms with van der Waals surface area (Å²) in [4.78, 5) is 5.35. The molecule has 7 nitrogen and oxygen atoms in total. The Bertz CT molecular complexity index is 236. The van der Waals surface area contributed by atoms with Crippen molar-refractivity contribution in [2.75, 3.05) is 13.1 Å². The Hall–Kier alpha value is -1.58. The second kappa shape index (κ2) is 4.33. The van der Waals surface area contributed by atoms with Crippen LogP contribution in [0.15, 0.2) is 10.3 Å². The van der Waals surface area contributed by atoms with Gasteiger partial charge in [0.2, 0.25) is 0 Å². The highest BCUT2D eigenvalue weighted by Gasteiger charge is 2.25. The highest BCUT2D eigenvalue weighted by Crippen LogP contribution is 2.17. The molecule has 1 heterocycles. The molecular formula is C5H9N7. The van der Waals surface area contributed by atoms with Crippen molar-refractivity contribution < 1.29 is 0 Å². The van der Waals surface area contributed by atoms with E-state index in [1.807, 2.05) is 0 Å². The van der Waals surface area contributed by atoms with Gasteiger partial charge in [0.15, 0.2) is 0 Å². The smallest absolute Gasteiger partial charge is 0.105 e. The Labute approximate surface area is 69.2 Å². The molecule has 7 heteroatoms. The molecule has 1 atom stereocenters. The van der Waals surface area contributed by atoms with E-state index in [0.29, 0.717) is 6.54 Å². The highest BCUT2D eigenvalue weighted by atomic mass is 15.6. The highest BCUT2D eigenvalue weighted by molar-refractivity contribution is 4.78. The quantitative estimate of drug-likeness (QED) is 0.358. The van der Waals surface area contributed by atoms with E-state index in [1.54, 1.807) is 5.01 Å². The summed E-state index contributed by atoms with van der Waals surface area (Å²) in [7, 11) is 0. The molecule has 0 bridgehead atoms. The van der Waals surface area contributed by atoms with Gasteiger partial charge in [-0.1, -0.05) is 5.11 Å². The number of hydrogen-bond acceptors (Lipinski definition) is 2. The summed E-state index contributed by atoms with van der Waals surface area (Å²) in [5, 5.41) is 8.56. The van der Waals surface area contributed by atoms with Crippen molar-refractivity contribution in [3.63, 3.8) is 0 Å². The third-order valence-electron chi connectivity index (χ3n) is 1.86. The molecular weight excluding hydrogens is 158 g/mol. The van der Waals surface area contributed by atoms with Crippen molar-refractivity contribution in [1.82, 2.24) is 5.01 Å². The Morgan fingerprint density at radius 1 is 1.42 bits per heavy atom. The van der Waals surface area contributed by atoms with Gasteiger partial charge >= 0.3 is 0 Å². The van der Waals surface area contributed by atoms with Crippen LogP contribution in [0.5, 0.6) is 0 Å². The largest absolute Gasteiger partial charge is 0.245 e. The van der Waals surface area contributed by atoms with Gasteiger partial charge in [-0.05, 0) is 23.6 Å². The molecule has 1 saturated heterocycles. The number of hydrogen-bond donors (Lipinski definition) is 0. The van der Waals surface area contributed by atoms with E-state index < -0.39 is 0 Å². The monoisotopic (exact) mass is 167 g/mol. The lowest BCUT2D eigenvalue weighted by Gasteiger charge is -2.12. The molecule has 1 unspecified atom stereocenters. The van der Waals surface area contributed by atoms with Crippen LogP contribution in [0, 0.1) is 0 Å². The van der Waals surface area contributed by atoms with Crippen LogP contribution in [0.25, 0.3) is 20.9 Å². The standard InChI is InChI=1S/C5H9N7/c6-9-8-4-5-2-1-3-12(5)11-10-7/h5H,1-4H2. The number of azide groups is 2. The van der Waals surface area contributed by atoms with Crippen molar-refractivity contribution in [2.24, 2.45) is 10.3 Å². The van der Waals surface area contributed by atoms with Gasteiger partial charge in [-0.3, -0.25) is 0 Å². The van der Waals surface area contributed by atoms with Gasteiger partial charge in [0, 0.05) is 4.91 Å². The Morgan fingerprint density at radius 3 is 2.92 bits per heavy atom. The fourth-order valence-electron chi connectivity index (χ4n) is 1.31. The van der Waals surface area contributed by atoms with Crippen molar-refractivity contribution >= 4 is 0 Å². The Kier molecular flexibility index (Phi) is 3.07. The zero-order valence-electron chi connectivity index (χ0n) is 6.54. The minimum Gasteiger partial charge on any atom is -0.245 e. The molecule has 1 rings (SSSR count). The first kappa shape index (κ1) is 8.52. The first-order valence-corrected chi connectivity index (χ1v) is 3.71. The van der Waals surface area contributed by atoms with Gasteiger partial charge in [0.05, 0.1) is 13.1 Å². The average Bonchev–Trinajstić information content (AvgIpc) is 2.50. The molecule has 1 aliphatic rings. The lowest BCUT2D eigenvalue weighted by molar-refractivity contribution is 0.267. The maximum Gasteiger partial charge on any atom is 0.105 e. The predicted molar refractivity (Wildman–Crippen MR) is 42.9 cm³/mol. The van der Waals surface area contributed by atoms with Crippen molar-refractivity contribution in [2.45, 2.75) is 18.9 Å². The van der Waals surface area contributed by atoms with Crippen LogP contribution >= 0.6 is 0 Å². The van der Waals surface area contributed by atoms with Crippen LogP contribution in [-0.4, -0.2) is 24.1 Å². The summed E-state index contributed by atoms with van der Waals surface area (Å²) in [6.45, 7) is 1.14. The molecule has 0 aromatic carbocycles. The van der Waals surface area contributed by atoms with Gasteiger partial charge in [-0.2, -0.15) is 4.91 Å². The molecule has 0 N–H and O–H groups in total. The van der Waals surface area contributed by atoms with Crippen LogP contribution in [0.2, 0.25) is 0 Å². The fraction of sp³-hybridized carbons (Fsp3) is 1.00.